The molecule has 0 aromatic carbocycles. The lowest BCUT2D eigenvalue weighted by Gasteiger charge is -2.14. The maximum atomic E-state index is 3.75. The molecule has 1 unspecified atom stereocenters. The number of likely N-dealkylation sites (N-methyl/N-ethyl adjacent to an activating group) is 1. The fraction of sp³-hybridized carbons (Fsp3) is 0.364. The van der Waals surface area contributed by atoms with Crippen LogP contribution in [0.5, 0.6) is 0 Å². The molecule has 0 aromatic rings. The van der Waals surface area contributed by atoms with Crippen molar-refractivity contribution in [2.24, 2.45) is 0 Å². The molecule has 0 aliphatic heterocycles. The molecule has 0 radical (unpaired) electrons. The van der Waals surface area contributed by atoms with Crippen molar-refractivity contribution in [2.45, 2.75) is 19.4 Å². The Kier molecular flexibility index (Phi) is 6.08. The summed E-state index contributed by atoms with van der Waals surface area (Å²) in [4.78, 5) is 0. The van der Waals surface area contributed by atoms with Crippen LogP contribution >= 0.6 is 0 Å². The Labute approximate surface area is 75.2 Å². The summed E-state index contributed by atoms with van der Waals surface area (Å²) in [5.74, 6) is 0. The third kappa shape index (κ3) is 3.38. The first-order valence-electron chi connectivity index (χ1n) is 4.15. The minimum atomic E-state index is 0.382. The average molecular weight is 163 g/mol. The lowest BCUT2D eigenvalue weighted by molar-refractivity contribution is 0.627. The fourth-order valence-electron chi connectivity index (χ4n) is 1.09. The molecule has 0 aromatic heterocycles. The number of hydrogen-bond acceptors (Lipinski definition) is 1. The van der Waals surface area contributed by atoms with E-state index in [2.05, 4.69) is 31.1 Å². The van der Waals surface area contributed by atoms with Crippen LogP contribution in [0.4, 0.5) is 0 Å². The van der Waals surface area contributed by atoms with Gasteiger partial charge in [0.1, 0.15) is 0 Å². The van der Waals surface area contributed by atoms with Crippen LogP contribution in [0.25, 0.3) is 0 Å². The molecule has 1 nitrogen and oxygen atoms in total. The topological polar surface area (TPSA) is 12.0 Å². The number of rotatable bonds is 5. The second-order valence-electron chi connectivity index (χ2n) is 2.49. The first-order valence-corrected chi connectivity index (χ1v) is 4.15. The normalized spacial score (nSPS) is 13.3. The van der Waals surface area contributed by atoms with E-state index in [1.807, 2.05) is 19.2 Å². The van der Waals surface area contributed by atoms with Gasteiger partial charge in [-0.15, -0.1) is 5.73 Å². The maximum absolute atomic E-state index is 3.75. The van der Waals surface area contributed by atoms with Gasteiger partial charge < -0.3 is 5.32 Å². The molecular weight excluding hydrogens is 146 g/mol. The highest BCUT2D eigenvalue weighted by molar-refractivity contribution is 5.26. The summed E-state index contributed by atoms with van der Waals surface area (Å²) in [5, 5.41) is 3.20. The van der Waals surface area contributed by atoms with Crippen molar-refractivity contribution in [3.8, 4) is 0 Å². The first-order chi connectivity index (χ1) is 5.79. The Morgan fingerprint density at radius 1 is 1.67 bits per heavy atom. The van der Waals surface area contributed by atoms with E-state index in [1.165, 1.54) is 5.57 Å². The Balaban J connectivity index is 4.50. The highest BCUT2D eigenvalue weighted by Gasteiger charge is 2.04. The maximum Gasteiger partial charge on any atom is 0.0314 e. The Morgan fingerprint density at radius 2 is 2.33 bits per heavy atom. The fourth-order valence-corrected chi connectivity index (χ4v) is 1.09. The van der Waals surface area contributed by atoms with Crippen LogP contribution in [-0.2, 0) is 0 Å². The van der Waals surface area contributed by atoms with Gasteiger partial charge in [-0.05, 0) is 31.2 Å². The highest BCUT2D eigenvalue weighted by atomic mass is 14.9. The van der Waals surface area contributed by atoms with E-state index in [-0.39, 0.29) is 0 Å². The van der Waals surface area contributed by atoms with Gasteiger partial charge in [0, 0.05) is 6.04 Å². The monoisotopic (exact) mass is 163 g/mol. The zero-order valence-corrected chi connectivity index (χ0v) is 7.93. The largest absolute Gasteiger partial charge is 0.313 e. The van der Waals surface area contributed by atoms with Crippen molar-refractivity contribution in [3.05, 3.63) is 42.7 Å². The van der Waals surface area contributed by atoms with Crippen molar-refractivity contribution >= 4 is 0 Å². The van der Waals surface area contributed by atoms with E-state index in [1.54, 1.807) is 6.08 Å². The smallest absolute Gasteiger partial charge is 0.0314 e. The summed E-state index contributed by atoms with van der Waals surface area (Å²) >= 11 is 0. The Bertz CT molecular complexity index is 203. The van der Waals surface area contributed by atoms with Crippen LogP contribution in [0, 0.1) is 0 Å². The third-order valence-electron chi connectivity index (χ3n) is 1.79. The minimum absolute atomic E-state index is 0.382. The molecule has 66 valence electrons. The summed E-state index contributed by atoms with van der Waals surface area (Å²) in [5.41, 5.74) is 3.89. The summed E-state index contributed by atoms with van der Waals surface area (Å²) in [6, 6.07) is 0.382. The predicted octanol–water partition coefficient (Wildman–Crippen LogP) is 2.44. The quantitative estimate of drug-likeness (QED) is 0.485. The van der Waals surface area contributed by atoms with Crippen LogP contribution in [-0.4, -0.2) is 13.1 Å². The van der Waals surface area contributed by atoms with Gasteiger partial charge in [0.15, 0.2) is 0 Å². The molecule has 0 amide bonds. The molecule has 0 spiro atoms. The van der Waals surface area contributed by atoms with Gasteiger partial charge in [0.25, 0.3) is 0 Å². The highest BCUT2D eigenvalue weighted by Crippen LogP contribution is 2.06. The molecule has 0 aliphatic carbocycles. The zero-order chi connectivity index (χ0) is 9.40. The van der Waals surface area contributed by atoms with Gasteiger partial charge in [-0.3, -0.25) is 0 Å². The van der Waals surface area contributed by atoms with E-state index >= 15 is 0 Å². The molecule has 0 bridgehead atoms. The van der Waals surface area contributed by atoms with Gasteiger partial charge in [-0.1, -0.05) is 26.2 Å². The number of hydrogen-bond donors (Lipinski definition) is 1. The third-order valence-corrected chi connectivity index (χ3v) is 1.79. The summed E-state index contributed by atoms with van der Waals surface area (Å²) in [7, 11) is 1.95. The van der Waals surface area contributed by atoms with Gasteiger partial charge in [-0.2, -0.15) is 0 Å². The van der Waals surface area contributed by atoms with Crippen LogP contribution in [0.2, 0.25) is 0 Å². The van der Waals surface area contributed by atoms with Gasteiger partial charge in [0.2, 0.25) is 0 Å². The molecule has 12 heavy (non-hydrogen) atoms. The Hall–Kier alpha value is -1.04. The van der Waals surface area contributed by atoms with Gasteiger partial charge in [0.05, 0.1) is 0 Å². The van der Waals surface area contributed by atoms with Crippen LogP contribution in [0.1, 0.15) is 13.3 Å². The van der Waals surface area contributed by atoms with Crippen molar-refractivity contribution in [1.82, 2.24) is 5.32 Å². The average Bonchev–Trinajstić information content (AvgIpc) is 2.12. The second-order valence-corrected chi connectivity index (χ2v) is 2.49. The molecule has 0 rings (SSSR count). The Morgan fingerprint density at radius 3 is 2.67 bits per heavy atom. The van der Waals surface area contributed by atoms with Crippen LogP contribution < -0.4 is 5.32 Å². The minimum Gasteiger partial charge on any atom is -0.313 e. The lowest BCUT2D eigenvalue weighted by Crippen LogP contribution is -2.25. The predicted molar refractivity (Wildman–Crippen MR) is 55.1 cm³/mol. The van der Waals surface area contributed by atoms with E-state index in [0.29, 0.717) is 6.04 Å². The SMILES string of the molecule is C=C=CC=C(C=C)C(CC)NC. The van der Waals surface area contributed by atoms with Crippen molar-refractivity contribution < 1.29 is 0 Å². The number of nitrogens with one attached hydrogen (secondary N) is 1. The first kappa shape index (κ1) is 11.0. The van der Waals surface area contributed by atoms with Crippen molar-refractivity contribution in [3.63, 3.8) is 0 Å². The van der Waals surface area contributed by atoms with Crippen LogP contribution in [0.15, 0.2) is 42.7 Å². The molecule has 1 atom stereocenters. The van der Waals surface area contributed by atoms with E-state index < -0.39 is 0 Å². The van der Waals surface area contributed by atoms with Crippen molar-refractivity contribution in [2.75, 3.05) is 7.05 Å². The molecule has 0 fully saturated rings. The zero-order valence-electron chi connectivity index (χ0n) is 7.93. The molecule has 0 heterocycles. The second kappa shape index (κ2) is 6.66. The van der Waals surface area contributed by atoms with E-state index in [4.69, 9.17) is 0 Å². The number of allylic oxidation sites excluding steroid dienone is 2. The molecule has 0 saturated heterocycles. The molecule has 0 saturated carbocycles. The molecule has 0 aliphatic rings. The van der Waals surface area contributed by atoms with E-state index in [0.717, 1.165) is 6.42 Å². The summed E-state index contributed by atoms with van der Waals surface area (Å²) in [6.07, 6.45) is 6.69. The standard InChI is InChI=1S/C11H17N/c1-5-8-9-10(6-2)11(7-3)12-4/h6,8-9,11-12H,1-2,7H2,3-4H3. The summed E-state index contributed by atoms with van der Waals surface area (Å²) < 4.78 is 0. The van der Waals surface area contributed by atoms with Crippen molar-refractivity contribution in [1.29, 1.82) is 0 Å². The van der Waals surface area contributed by atoms with Gasteiger partial charge in [-0.25, -0.2) is 0 Å². The van der Waals surface area contributed by atoms with Gasteiger partial charge >= 0.3 is 0 Å². The van der Waals surface area contributed by atoms with E-state index in [9.17, 15) is 0 Å². The molecular formula is C11H17N. The molecule has 1 heteroatoms. The lowest BCUT2D eigenvalue weighted by atomic mass is 10.0. The summed E-state index contributed by atoms with van der Waals surface area (Å²) in [6.45, 7) is 9.39. The van der Waals surface area contributed by atoms with Crippen LogP contribution in [0.3, 0.4) is 0 Å². The molecule has 1 N–H and O–H groups in total.